The number of benzene rings is 2. The summed E-state index contributed by atoms with van der Waals surface area (Å²) in [5, 5.41) is 24.4. The Hall–Kier alpha value is -6.29. The number of ether oxygens (including phenoxy) is 2. The molecule has 0 radical (unpaired) electrons. The number of anilines is 2. The van der Waals surface area contributed by atoms with Crippen molar-refractivity contribution in [2.75, 3.05) is 36.2 Å². The largest absolute Gasteiger partial charge is 0.475 e. The highest BCUT2D eigenvalue weighted by molar-refractivity contribution is 7.81. The third-order valence-corrected chi connectivity index (χ3v) is 12.6. The van der Waals surface area contributed by atoms with Gasteiger partial charge in [0.2, 0.25) is 23.6 Å². The zero-order valence-electron chi connectivity index (χ0n) is 37.7. The number of aromatic nitrogens is 2. The Labute approximate surface area is 400 Å². The van der Waals surface area contributed by atoms with Gasteiger partial charge in [-0.1, -0.05) is 45.0 Å². The van der Waals surface area contributed by atoms with Crippen LogP contribution in [0.3, 0.4) is 0 Å². The van der Waals surface area contributed by atoms with E-state index in [4.69, 9.17) is 27.0 Å². The highest BCUT2D eigenvalue weighted by Crippen LogP contribution is 2.44. The second-order valence-corrected chi connectivity index (χ2v) is 18.9. The summed E-state index contributed by atoms with van der Waals surface area (Å²) < 4.78 is 111. The van der Waals surface area contributed by atoms with Gasteiger partial charge >= 0.3 is 12.4 Å². The Morgan fingerprint density at radius 1 is 1.04 bits per heavy atom. The molecule has 0 saturated carbocycles. The molecular formula is C45H45F7N8O7S2. The van der Waals surface area contributed by atoms with Crippen molar-refractivity contribution < 1.29 is 64.5 Å². The number of rotatable bonds is 14. The van der Waals surface area contributed by atoms with Crippen LogP contribution in [-0.2, 0) is 42.8 Å². The number of hydrogen-bond donors (Lipinski definition) is 3. The molecule has 0 unspecified atom stereocenters. The van der Waals surface area contributed by atoms with Gasteiger partial charge in [0.1, 0.15) is 42.0 Å². The predicted molar refractivity (Wildman–Crippen MR) is 240 cm³/mol. The fraction of sp³-hybridized carbons (Fsp3) is 0.422. The van der Waals surface area contributed by atoms with E-state index in [0.717, 1.165) is 38.9 Å². The Morgan fingerprint density at radius 2 is 1.72 bits per heavy atom. The van der Waals surface area contributed by atoms with E-state index < -0.39 is 130 Å². The number of likely N-dealkylation sites (tertiary alicyclic amines) is 1. The van der Waals surface area contributed by atoms with E-state index in [-0.39, 0.29) is 19.5 Å². The molecule has 15 nitrogen and oxygen atoms in total. The lowest BCUT2D eigenvalue weighted by atomic mass is 9.85. The van der Waals surface area contributed by atoms with Crippen LogP contribution in [-0.4, -0.2) is 98.8 Å². The molecule has 3 N–H and O–H groups in total. The topological polar surface area (TPSA) is 190 Å². The Kier molecular flexibility index (Phi) is 15.1. The molecule has 0 aliphatic carbocycles. The number of β-amino-alcohol motifs (C(OH)–C–C–N with tert-alkyl or cyclic N) is 1. The molecule has 4 heterocycles. The lowest BCUT2D eigenvalue weighted by Gasteiger charge is -2.35. The highest BCUT2D eigenvalue weighted by Gasteiger charge is 2.53. The number of carbonyl (C=O) groups is 4. The number of nitrogens with zero attached hydrogens (tertiary/aromatic N) is 6. The van der Waals surface area contributed by atoms with E-state index in [9.17, 15) is 50.6 Å². The first-order valence-electron chi connectivity index (χ1n) is 21.0. The highest BCUT2D eigenvalue weighted by atomic mass is 32.1. The zero-order valence-corrected chi connectivity index (χ0v) is 39.3. The van der Waals surface area contributed by atoms with Gasteiger partial charge in [-0.15, -0.1) is 11.3 Å². The van der Waals surface area contributed by atoms with Gasteiger partial charge in [-0.25, -0.2) is 14.4 Å². The lowest BCUT2D eigenvalue weighted by Crippen LogP contribution is -2.58. The Balaban J connectivity index is 1.06. The van der Waals surface area contributed by atoms with Gasteiger partial charge < -0.3 is 35.0 Å². The number of thiazole rings is 1. The number of pyridine rings is 1. The van der Waals surface area contributed by atoms with Gasteiger partial charge in [0, 0.05) is 19.5 Å². The third kappa shape index (κ3) is 11.1. The number of thiocarbonyl (C=S) groups is 1. The summed E-state index contributed by atoms with van der Waals surface area (Å²) in [5.41, 5.74) is -4.32. The molecule has 2 aliphatic rings. The van der Waals surface area contributed by atoms with Crippen molar-refractivity contribution in [1.82, 2.24) is 25.5 Å². The maximum atomic E-state index is 15.4. The normalized spacial score (nSPS) is 17.8. The van der Waals surface area contributed by atoms with Crippen LogP contribution < -0.4 is 25.2 Å². The first-order chi connectivity index (χ1) is 32.2. The van der Waals surface area contributed by atoms with Crippen molar-refractivity contribution in [1.29, 1.82) is 5.26 Å². The number of halogens is 7. The second kappa shape index (κ2) is 20.0. The van der Waals surface area contributed by atoms with Gasteiger partial charge in [0.25, 0.3) is 5.91 Å². The molecule has 2 aliphatic heterocycles. The van der Waals surface area contributed by atoms with Crippen LogP contribution in [0.15, 0.2) is 54.2 Å². The Morgan fingerprint density at radius 3 is 2.32 bits per heavy atom. The van der Waals surface area contributed by atoms with Crippen LogP contribution in [0.5, 0.6) is 5.88 Å². The van der Waals surface area contributed by atoms with E-state index in [1.807, 2.05) is 31.2 Å². The molecule has 0 spiro atoms. The summed E-state index contributed by atoms with van der Waals surface area (Å²) >= 11 is 6.84. The van der Waals surface area contributed by atoms with Gasteiger partial charge in [-0.05, 0) is 67.7 Å². The number of carbonyl (C=O) groups excluding carboxylic acids is 4. The maximum absolute atomic E-state index is 15.4. The molecule has 69 heavy (non-hydrogen) atoms. The van der Waals surface area contributed by atoms with Crippen molar-refractivity contribution in [2.45, 2.75) is 90.6 Å². The fourth-order valence-corrected chi connectivity index (χ4v) is 9.10. The first-order valence-corrected chi connectivity index (χ1v) is 22.3. The third-order valence-electron chi connectivity index (χ3n) is 11.2. The molecule has 2 aromatic carbocycles. The molecule has 368 valence electrons. The average Bonchev–Trinajstić information content (AvgIpc) is 3.93. The van der Waals surface area contributed by atoms with E-state index >= 15 is 4.39 Å². The number of alkyl halides is 6. The molecule has 2 aromatic heterocycles. The number of amides is 4. The van der Waals surface area contributed by atoms with Crippen LogP contribution in [0.2, 0.25) is 0 Å². The van der Waals surface area contributed by atoms with E-state index in [1.54, 1.807) is 26.3 Å². The van der Waals surface area contributed by atoms with Gasteiger partial charge in [0.05, 0.1) is 58.0 Å². The quantitative estimate of drug-likeness (QED) is 0.0691. The van der Waals surface area contributed by atoms with Crippen molar-refractivity contribution in [3.63, 3.8) is 0 Å². The summed E-state index contributed by atoms with van der Waals surface area (Å²) in [6.45, 7) is 7.58. The number of nitrogens with one attached hydrogen (secondary N) is 2. The van der Waals surface area contributed by atoms with E-state index in [1.165, 1.54) is 36.2 Å². The van der Waals surface area contributed by atoms with Gasteiger partial charge in [-0.2, -0.15) is 31.6 Å². The molecule has 24 heteroatoms. The SMILES string of the molecule is Cc1ncsc1-c1ccc(CNC(=O)[C@@H]2C[C@@H](O)CN2C(=O)[C@@H](NC(=O)COCCOc2ncc(N3C(=S)N(c4ccc(C#N)c(C(F)(F)F)c4F)C(=O)C3(C)C)cc2C(F)(F)F)C(C)(C)C)cc1. The summed E-state index contributed by atoms with van der Waals surface area (Å²) in [4.78, 5) is 65.6. The first kappa shape index (κ1) is 52.1. The minimum Gasteiger partial charge on any atom is -0.475 e. The fourth-order valence-electron chi connectivity index (χ4n) is 7.78. The zero-order chi connectivity index (χ0) is 51.0. The van der Waals surface area contributed by atoms with Gasteiger partial charge in [0.15, 0.2) is 10.9 Å². The van der Waals surface area contributed by atoms with Crippen molar-refractivity contribution in [3.8, 4) is 22.4 Å². The number of hydrogen-bond acceptors (Lipinski definition) is 12. The average molecular weight is 1010 g/mol. The minimum absolute atomic E-state index is 0.0408. The van der Waals surface area contributed by atoms with Crippen LogP contribution in [0.4, 0.5) is 42.1 Å². The number of aliphatic hydroxyl groups is 1. The monoisotopic (exact) mass is 1010 g/mol. The van der Waals surface area contributed by atoms with Crippen LogP contribution in [0, 0.1) is 29.5 Å². The van der Waals surface area contributed by atoms with E-state index in [2.05, 4.69) is 20.6 Å². The predicted octanol–water partition coefficient (Wildman–Crippen LogP) is 6.68. The smallest absolute Gasteiger partial charge is 0.421 e. The molecule has 4 aromatic rings. The number of nitriles is 1. The minimum atomic E-state index is -5.36. The maximum Gasteiger partial charge on any atom is 0.421 e. The summed E-state index contributed by atoms with van der Waals surface area (Å²) in [7, 11) is 0. The molecule has 4 amide bonds. The summed E-state index contributed by atoms with van der Waals surface area (Å²) in [6.07, 6.45) is -10.7. The second-order valence-electron chi connectivity index (χ2n) is 17.6. The van der Waals surface area contributed by atoms with Gasteiger partial charge in [-0.3, -0.25) is 24.1 Å². The lowest BCUT2D eigenvalue weighted by molar-refractivity contribution is -0.144. The molecule has 6 rings (SSSR count). The number of aryl methyl sites for hydroxylation is 1. The molecule has 2 saturated heterocycles. The van der Waals surface area contributed by atoms with Crippen molar-refractivity contribution >= 4 is 63.7 Å². The number of aliphatic hydroxyl groups excluding tert-OH is 1. The molecule has 0 bridgehead atoms. The molecular weight excluding hydrogens is 962 g/mol. The van der Waals surface area contributed by atoms with Crippen molar-refractivity contribution in [2.24, 2.45) is 5.41 Å². The molecule has 3 atom stereocenters. The summed E-state index contributed by atoms with van der Waals surface area (Å²) in [6, 6.07) is 8.42. The Bertz CT molecular complexity index is 2680. The van der Waals surface area contributed by atoms with Crippen LogP contribution in [0.1, 0.15) is 69.0 Å². The van der Waals surface area contributed by atoms with Crippen LogP contribution in [0.25, 0.3) is 10.4 Å². The van der Waals surface area contributed by atoms with Crippen molar-refractivity contribution in [3.05, 3.63) is 87.9 Å². The van der Waals surface area contributed by atoms with Crippen LogP contribution >= 0.6 is 23.6 Å². The summed E-state index contributed by atoms with van der Waals surface area (Å²) in [5.74, 6) is -5.98. The van der Waals surface area contributed by atoms with E-state index in [0.29, 0.717) is 17.0 Å². The molecule has 2 fully saturated rings. The standard InChI is InChI=1S/C45H45F7N8O7S2/c1-23-35(69-22-56-23)25-9-7-24(8-10-25)18-54-37(63)31-16-28(61)20-58(31)39(64)36(42(2,3)4)57-32(62)21-66-13-14-67-38-29(44(47,48)49)15-27(19-55-38)60-41(68)59(40(65)43(60,5)6)30-12-11-26(17-53)33(34(30)46)45(50,51)52/h7-12,15,19,22,28,31,36,61H,13-14,16,18,20-21H2,1-6H3,(H,54,63)(H,57,62)/t28-,31+,36-/m1/s1.